The summed E-state index contributed by atoms with van der Waals surface area (Å²) in [5.41, 5.74) is 0.388. The summed E-state index contributed by atoms with van der Waals surface area (Å²) in [4.78, 5) is 38.8. The monoisotopic (exact) mass is 567 g/mol. The molecular weight excluding hydrogens is 540 g/mol. The van der Waals surface area contributed by atoms with Gasteiger partial charge in [0.15, 0.2) is 5.65 Å². The predicted molar refractivity (Wildman–Crippen MR) is 150 cm³/mol. The fraction of sp³-hybridized carbons (Fsp3) is 0.321. The third-order valence-electron chi connectivity index (χ3n) is 7.01. The topological polar surface area (TPSA) is 89.2 Å². The molecule has 3 aromatic heterocycles. The summed E-state index contributed by atoms with van der Waals surface area (Å²) in [5.74, 6) is -0.889. The molecule has 1 aliphatic rings. The van der Waals surface area contributed by atoms with E-state index in [2.05, 4.69) is 16.7 Å². The van der Waals surface area contributed by atoms with Crippen LogP contribution in [-0.2, 0) is 11.3 Å². The number of hydrogen-bond acceptors (Lipinski definition) is 6. The van der Waals surface area contributed by atoms with E-state index in [4.69, 9.17) is 16.6 Å². The van der Waals surface area contributed by atoms with Crippen LogP contribution in [-0.4, -0.2) is 60.8 Å². The van der Waals surface area contributed by atoms with Gasteiger partial charge in [0.2, 0.25) is 5.91 Å². The summed E-state index contributed by atoms with van der Waals surface area (Å²) >= 11 is 6.67. The van der Waals surface area contributed by atoms with E-state index in [0.717, 1.165) is 24.1 Å². The van der Waals surface area contributed by atoms with Gasteiger partial charge in [-0.2, -0.15) is 10.1 Å². The first-order valence-corrected chi connectivity index (χ1v) is 13.3. The molecule has 0 N–H and O–H groups in total. The summed E-state index contributed by atoms with van der Waals surface area (Å²) in [6.07, 6.45) is 3.70. The molecule has 1 amide bonds. The summed E-state index contributed by atoms with van der Waals surface area (Å²) in [6.45, 7) is 11.1. The first-order chi connectivity index (χ1) is 19.1. The fourth-order valence-corrected chi connectivity index (χ4v) is 5.38. The number of anilines is 1. The summed E-state index contributed by atoms with van der Waals surface area (Å²) in [7, 11) is 0. The number of piperazine rings is 1. The molecule has 1 atom stereocenters. The van der Waals surface area contributed by atoms with Crippen molar-refractivity contribution in [3.63, 3.8) is 0 Å². The van der Waals surface area contributed by atoms with Gasteiger partial charge >= 0.3 is 5.69 Å². The van der Waals surface area contributed by atoms with E-state index in [-0.39, 0.29) is 33.9 Å². The van der Waals surface area contributed by atoms with E-state index in [1.807, 2.05) is 25.7 Å². The number of fused-ring (bicyclic) bond motifs is 1. The quantitative estimate of drug-likeness (QED) is 0.318. The van der Waals surface area contributed by atoms with Crippen LogP contribution in [0.4, 0.5) is 14.6 Å². The first-order valence-electron chi connectivity index (χ1n) is 12.9. The number of halogens is 3. The van der Waals surface area contributed by atoms with Crippen molar-refractivity contribution in [3.8, 4) is 17.1 Å². The van der Waals surface area contributed by atoms with E-state index in [1.165, 1.54) is 16.7 Å². The largest absolute Gasteiger partial charge is 0.357 e. The van der Waals surface area contributed by atoms with Crippen LogP contribution in [0.2, 0.25) is 5.02 Å². The molecule has 1 saturated heterocycles. The number of carbonyl (C=O) groups excluding carboxylic acids is 1. The molecule has 0 bridgehead atoms. The number of rotatable bonds is 6. The molecular formula is C28H28ClF2N7O2. The molecule has 0 saturated carbocycles. The smallest absolute Gasteiger partial charge is 0.350 e. The predicted octanol–water partition coefficient (Wildman–Crippen LogP) is 4.52. The van der Waals surface area contributed by atoms with Gasteiger partial charge in [0.1, 0.15) is 23.3 Å². The van der Waals surface area contributed by atoms with E-state index in [0.29, 0.717) is 43.2 Å². The molecule has 0 unspecified atom stereocenters. The lowest BCUT2D eigenvalue weighted by atomic mass is 10.1. The number of hydrogen-bond donors (Lipinski definition) is 0. The lowest BCUT2D eigenvalue weighted by Gasteiger charge is -2.40. The van der Waals surface area contributed by atoms with Gasteiger partial charge in [-0.3, -0.25) is 4.79 Å². The Morgan fingerprint density at radius 2 is 2.00 bits per heavy atom. The molecule has 208 valence electrons. The first kappa shape index (κ1) is 27.4. The van der Waals surface area contributed by atoms with Crippen molar-refractivity contribution < 1.29 is 13.6 Å². The van der Waals surface area contributed by atoms with Crippen LogP contribution in [0.25, 0.3) is 28.1 Å². The number of pyridine rings is 1. The fourth-order valence-electron chi connectivity index (χ4n) is 5.13. The van der Waals surface area contributed by atoms with Gasteiger partial charge in [0.25, 0.3) is 0 Å². The van der Waals surface area contributed by atoms with Gasteiger partial charge in [-0.1, -0.05) is 25.1 Å². The molecule has 40 heavy (non-hydrogen) atoms. The third kappa shape index (κ3) is 4.74. The van der Waals surface area contributed by atoms with Crippen LogP contribution in [0.3, 0.4) is 0 Å². The van der Waals surface area contributed by atoms with Crippen molar-refractivity contribution >= 4 is 34.4 Å². The normalized spacial score (nSPS) is 15.6. The maximum Gasteiger partial charge on any atom is 0.357 e. The van der Waals surface area contributed by atoms with Crippen LogP contribution in [0, 0.1) is 18.6 Å². The number of aryl methyl sites for hydroxylation is 2. The lowest BCUT2D eigenvalue weighted by Crippen LogP contribution is -2.54. The SMILES string of the molecule is C=CC(=O)N1CCN(c2nc(=O)n(-c3c(C)cnn3CCC)c3nc(-c4ccc(F)cc4F)c(Cl)cc23)[C@@H](C)C1. The molecule has 0 radical (unpaired) electrons. The summed E-state index contributed by atoms with van der Waals surface area (Å²) < 4.78 is 31.6. The lowest BCUT2D eigenvalue weighted by molar-refractivity contribution is -0.126. The van der Waals surface area contributed by atoms with Gasteiger partial charge in [0.05, 0.1) is 22.3 Å². The Morgan fingerprint density at radius 1 is 1.23 bits per heavy atom. The molecule has 9 nitrogen and oxygen atoms in total. The van der Waals surface area contributed by atoms with Crippen molar-refractivity contribution in [3.05, 3.63) is 75.8 Å². The molecule has 0 aliphatic carbocycles. The highest BCUT2D eigenvalue weighted by Gasteiger charge is 2.30. The van der Waals surface area contributed by atoms with Gasteiger partial charge in [-0.25, -0.2) is 27.8 Å². The summed E-state index contributed by atoms with van der Waals surface area (Å²) in [6, 6.07) is 4.56. The molecule has 4 heterocycles. The summed E-state index contributed by atoms with van der Waals surface area (Å²) in [5, 5.41) is 5.00. The molecule has 1 aromatic carbocycles. The standard InChI is InChI=1S/C28H28ClF2N7O2/c1-5-9-37-27(16(3)14-32-37)38-26-20(13-21(29)24(33-26)19-8-7-18(30)12-22(19)31)25(34-28(38)40)36-11-10-35(15-17(36)4)23(39)6-2/h6-8,12-14,17H,2,5,9-11,15H2,1,3-4H3/t17-/m0/s1. The highest BCUT2D eigenvalue weighted by atomic mass is 35.5. The molecule has 5 rings (SSSR count). The van der Waals surface area contributed by atoms with Gasteiger partial charge in [0, 0.05) is 49.4 Å². The van der Waals surface area contributed by atoms with Gasteiger partial charge < -0.3 is 9.80 Å². The highest BCUT2D eigenvalue weighted by Crippen LogP contribution is 2.35. The molecule has 1 fully saturated rings. The highest BCUT2D eigenvalue weighted by molar-refractivity contribution is 6.33. The molecule has 4 aromatic rings. The minimum Gasteiger partial charge on any atom is -0.350 e. The molecule has 0 spiro atoms. The van der Waals surface area contributed by atoms with Crippen molar-refractivity contribution in [2.75, 3.05) is 24.5 Å². The Hall–Kier alpha value is -4.12. The average molecular weight is 568 g/mol. The Bertz CT molecular complexity index is 1700. The zero-order valence-electron chi connectivity index (χ0n) is 22.4. The maximum atomic E-state index is 14.9. The average Bonchev–Trinajstić information content (AvgIpc) is 3.27. The van der Waals surface area contributed by atoms with Gasteiger partial charge in [-0.05, 0) is 44.5 Å². The van der Waals surface area contributed by atoms with E-state index in [1.54, 1.807) is 21.8 Å². The van der Waals surface area contributed by atoms with Crippen molar-refractivity contribution in [1.82, 2.24) is 29.2 Å². The van der Waals surface area contributed by atoms with Crippen molar-refractivity contribution in [2.45, 2.75) is 39.8 Å². The van der Waals surface area contributed by atoms with Crippen LogP contribution >= 0.6 is 11.6 Å². The third-order valence-corrected chi connectivity index (χ3v) is 7.30. The number of amides is 1. The minimum absolute atomic E-state index is 0.00521. The number of nitrogens with zero attached hydrogens (tertiary/aromatic N) is 7. The van der Waals surface area contributed by atoms with Crippen LogP contribution in [0.5, 0.6) is 0 Å². The second-order valence-corrected chi connectivity index (χ2v) is 10.2. The Kier molecular flexibility index (Phi) is 7.41. The van der Waals surface area contributed by atoms with E-state index >= 15 is 0 Å². The van der Waals surface area contributed by atoms with Gasteiger partial charge in [-0.15, -0.1) is 0 Å². The number of carbonyl (C=O) groups is 1. The zero-order valence-corrected chi connectivity index (χ0v) is 23.1. The number of benzene rings is 1. The van der Waals surface area contributed by atoms with Crippen molar-refractivity contribution in [2.24, 2.45) is 0 Å². The Morgan fingerprint density at radius 3 is 2.67 bits per heavy atom. The van der Waals surface area contributed by atoms with Crippen molar-refractivity contribution in [1.29, 1.82) is 0 Å². The zero-order chi connectivity index (χ0) is 28.7. The molecule has 12 heteroatoms. The molecule has 1 aliphatic heterocycles. The van der Waals surface area contributed by atoms with Crippen LogP contribution < -0.4 is 10.6 Å². The minimum atomic E-state index is -0.833. The number of aromatic nitrogens is 5. The Labute approximate surface area is 234 Å². The van der Waals surface area contributed by atoms with Crippen LogP contribution in [0.15, 0.2) is 47.9 Å². The second-order valence-electron chi connectivity index (χ2n) is 9.77. The van der Waals surface area contributed by atoms with E-state index in [9.17, 15) is 18.4 Å². The van der Waals surface area contributed by atoms with Crippen LogP contribution in [0.1, 0.15) is 25.8 Å². The maximum absolute atomic E-state index is 14.9. The Balaban J connectivity index is 1.78. The second kappa shape index (κ2) is 10.8. The van der Waals surface area contributed by atoms with E-state index < -0.39 is 17.3 Å².